The number of hydrogen-bond acceptors (Lipinski definition) is 6. The minimum Gasteiger partial charge on any atom is -0.467 e. The molecule has 3 atom stereocenters. The number of furan rings is 2. The van der Waals surface area contributed by atoms with E-state index in [1.165, 1.54) is 12.8 Å². The molecule has 148 valence electrons. The Morgan fingerprint density at radius 2 is 2.00 bits per heavy atom. The zero-order valence-corrected chi connectivity index (χ0v) is 15.8. The van der Waals surface area contributed by atoms with Gasteiger partial charge >= 0.3 is 0 Å². The van der Waals surface area contributed by atoms with Crippen molar-refractivity contribution in [2.75, 3.05) is 19.7 Å². The highest BCUT2D eigenvalue weighted by molar-refractivity contribution is 6.01. The van der Waals surface area contributed by atoms with E-state index in [9.17, 15) is 4.79 Å². The monoisotopic (exact) mass is 383 g/mol. The first kappa shape index (κ1) is 17.7. The first-order valence-electron chi connectivity index (χ1n) is 10.1. The lowest BCUT2D eigenvalue weighted by atomic mass is 9.90. The van der Waals surface area contributed by atoms with Crippen molar-refractivity contribution in [3.63, 3.8) is 0 Å². The quantitative estimate of drug-likeness (QED) is 0.811. The minimum absolute atomic E-state index is 0.00539. The topological polar surface area (TPSA) is 71.4 Å². The SMILES string of the molecule is O=C(CN1CCOC2CCCCC21)N1N=C(c2ccco2)CC1c1ccco1. The Morgan fingerprint density at radius 3 is 2.82 bits per heavy atom. The number of hydrogen-bond donors (Lipinski definition) is 0. The van der Waals surface area contributed by atoms with Crippen LogP contribution in [0.5, 0.6) is 0 Å². The number of carbonyl (C=O) groups is 1. The third-order valence-electron chi connectivity index (χ3n) is 6.03. The number of hydrazone groups is 1. The third kappa shape index (κ3) is 3.29. The maximum Gasteiger partial charge on any atom is 0.257 e. The summed E-state index contributed by atoms with van der Waals surface area (Å²) in [6.45, 7) is 1.84. The van der Waals surface area contributed by atoms with E-state index in [-0.39, 0.29) is 18.1 Å². The van der Waals surface area contributed by atoms with Crippen LogP contribution < -0.4 is 0 Å². The molecule has 0 radical (unpaired) electrons. The van der Waals surface area contributed by atoms with E-state index in [1.807, 2.05) is 24.3 Å². The summed E-state index contributed by atoms with van der Waals surface area (Å²) in [7, 11) is 0. The third-order valence-corrected chi connectivity index (χ3v) is 6.03. The number of fused-ring (bicyclic) bond motifs is 1. The summed E-state index contributed by atoms with van der Waals surface area (Å²) in [5.41, 5.74) is 0.775. The van der Waals surface area contributed by atoms with Gasteiger partial charge in [0.25, 0.3) is 5.91 Å². The summed E-state index contributed by atoms with van der Waals surface area (Å²) in [5.74, 6) is 1.44. The van der Waals surface area contributed by atoms with Crippen molar-refractivity contribution in [1.82, 2.24) is 9.91 Å². The highest BCUT2D eigenvalue weighted by Gasteiger charge is 2.39. The Morgan fingerprint density at radius 1 is 1.14 bits per heavy atom. The first-order chi connectivity index (χ1) is 13.8. The van der Waals surface area contributed by atoms with Gasteiger partial charge in [-0.25, -0.2) is 5.01 Å². The molecular weight excluding hydrogens is 358 g/mol. The molecule has 4 heterocycles. The second-order valence-corrected chi connectivity index (χ2v) is 7.73. The lowest BCUT2D eigenvalue weighted by Crippen LogP contribution is -2.55. The van der Waals surface area contributed by atoms with Crippen LogP contribution in [-0.2, 0) is 9.53 Å². The van der Waals surface area contributed by atoms with Gasteiger partial charge < -0.3 is 13.6 Å². The van der Waals surface area contributed by atoms with Crippen LogP contribution in [0.2, 0.25) is 0 Å². The fourth-order valence-corrected chi connectivity index (χ4v) is 4.65. The van der Waals surface area contributed by atoms with Crippen molar-refractivity contribution in [3.05, 3.63) is 48.3 Å². The molecule has 7 nitrogen and oxygen atoms in total. The molecule has 7 heteroatoms. The largest absolute Gasteiger partial charge is 0.467 e. The molecule has 2 aromatic rings. The second kappa shape index (κ2) is 7.56. The van der Waals surface area contributed by atoms with Crippen LogP contribution in [0, 0.1) is 0 Å². The second-order valence-electron chi connectivity index (χ2n) is 7.73. The maximum atomic E-state index is 13.3. The van der Waals surface area contributed by atoms with Crippen LogP contribution >= 0.6 is 0 Å². The Hall–Kier alpha value is -2.38. The molecule has 2 fully saturated rings. The molecule has 1 saturated carbocycles. The van der Waals surface area contributed by atoms with Gasteiger partial charge in [0.05, 0.1) is 31.8 Å². The summed E-state index contributed by atoms with van der Waals surface area (Å²) >= 11 is 0. The highest BCUT2D eigenvalue weighted by Crippen LogP contribution is 2.34. The van der Waals surface area contributed by atoms with Crippen LogP contribution in [0.3, 0.4) is 0 Å². The summed E-state index contributed by atoms with van der Waals surface area (Å²) in [5, 5.41) is 6.21. The molecule has 0 aromatic carbocycles. The number of rotatable bonds is 4. The Labute approximate surface area is 163 Å². The van der Waals surface area contributed by atoms with Crippen molar-refractivity contribution < 1.29 is 18.4 Å². The number of carbonyl (C=O) groups excluding carboxylic acids is 1. The lowest BCUT2D eigenvalue weighted by molar-refractivity contribution is -0.140. The Bertz CT molecular complexity index is 828. The van der Waals surface area contributed by atoms with Crippen molar-refractivity contribution in [3.8, 4) is 0 Å². The Kier molecular flexibility index (Phi) is 4.78. The molecule has 5 rings (SSSR count). The fraction of sp³-hybridized carbons (Fsp3) is 0.524. The number of ether oxygens (including phenoxy) is 1. The van der Waals surface area contributed by atoms with Gasteiger partial charge in [0.2, 0.25) is 0 Å². The standard InChI is InChI=1S/C21H25N3O4/c25-21(14-23-9-12-28-19-6-2-1-5-16(19)23)24-17(20-8-4-11-27-20)13-15(22-24)18-7-3-10-26-18/h3-4,7-8,10-11,16-17,19H,1-2,5-6,9,12-14H2. The summed E-state index contributed by atoms with van der Waals surface area (Å²) < 4.78 is 17.1. The van der Waals surface area contributed by atoms with Crippen molar-refractivity contribution in [2.24, 2.45) is 5.10 Å². The van der Waals surface area contributed by atoms with Gasteiger partial charge in [0, 0.05) is 19.0 Å². The van der Waals surface area contributed by atoms with E-state index in [0.717, 1.165) is 30.9 Å². The fourth-order valence-electron chi connectivity index (χ4n) is 4.65. The number of amides is 1. The molecule has 1 aliphatic carbocycles. The predicted molar refractivity (Wildman–Crippen MR) is 102 cm³/mol. The molecule has 2 aromatic heterocycles. The molecule has 0 bridgehead atoms. The summed E-state index contributed by atoms with van der Waals surface area (Å²) in [4.78, 5) is 15.6. The maximum absolute atomic E-state index is 13.3. The minimum atomic E-state index is -0.231. The van der Waals surface area contributed by atoms with Gasteiger partial charge in [-0.2, -0.15) is 5.10 Å². The molecule has 2 aliphatic heterocycles. The predicted octanol–water partition coefficient (Wildman–Crippen LogP) is 3.19. The molecule has 3 aliphatic rings. The van der Waals surface area contributed by atoms with Crippen molar-refractivity contribution >= 4 is 11.6 Å². The smallest absolute Gasteiger partial charge is 0.257 e. The molecule has 3 unspecified atom stereocenters. The van der Waals surface area contributed by atoms with Crippen LogP contribution in [0.4, 0.5) is 0 Å². The molecule has 0 spiro atoms. The Balaban J connectivity index is 1.36. The van der Waals surface area contributed by atoms with Crippen molar-refractivity contribution in [2.45, 2.75) is 50.3 Å². The van der Waals surface area contributed by atoms with Gasteiger partial charge in [-0.15, -0.1) is 0 Å². The van der Waals surface area contributed by atoms with E-state index in [0.29, 0.717) is 31.4 Å². The van der Waals surface area contributed by atoms with Gasteiger partial charge in [-0.1, -0.05) is 12.8 Å². The van der Waals surface area contributed by atoms with Crippen LogP contribution in [-0.4, -0.2) is 53.4 Å². The average molecular weight is 383 g/mol. The zero-order valence-electron chi connectivity index (χ0n) is 15.8. The normalized spacial score (nSPS) is 28.2. The molecule has 1 saturated heterocycles. The number of nitrogens with zero attached hydrogens (tertiary/aromatic N) is 3. The van der Waals surface area contributed by atoms with Crippen LogP contribution in [0.15, 0.2) is 50.7 Å². The van der Waals surface area contributed by atoms with Gasteiger partial charge in [-0.05, 0) is 37.1 Å². The zero-order chi connectivity index (χ0) is 18.9. The number of morpholine rings is 1. The van der Waals surface area contributed by atoms with Crippen molar-refractivity contribution in [1.29, 1.82) is 0 Å². The summed E-state index contributed by atoms with van der Waals surface area (Å²) in [6, 6.07) is 7.56. The average Bonchev–Trinajstić information content (AvgIpc) is 3.49. The molecule has 1 amide bonds. The highest BCUT2D eigenvalue weighted by atomic mass is 16.5. The molecule has 0 N–H and O–H groups in total. The van der Waals surface area contributed by atoms with E-state index in [4.69, 9.17) is 13.6 Å². The van der Waals surface area contributed by atoms with Crippen LogP contribution in [0.25, 0.3) is 0 Å². The van der Waals surface area contributed by atoms with Crippen LogP contribution in [0.1, 0.15) is 49.7 Å². The lowest BCUT2D eigenvalue weighted by Gasteiger charge is -2.43. The molecular formula is C21H25N3O4. The van der Waals surface area contributed by atoms with Gasteiger partial charge in [0.1, 0.15) is 23.3 Å². The van der Waals surface area contributed by atoms with E-state index in [2.05, 4.69) is 10.0 Å². The van der Waals surface area contributed by atoms with E-state index < -0.39 is 0 Å². The van der Waals surface area contributed by atoms with Gasteiger partial charge in [0.15, 0.2) is 0 Å². The molecule has 28 heavy (non-hydrogen) atoms. The van der Waals surface area contributed by atoms with E-state index in [1.54, 1.807) is 17.5 Å². The van der Waals surface area contributed by atoms with Gasteiger partial charge in [-0.3, -0.25) is 9.69 Å². The summed E-state index contributed by atoms with van der Waals surface area (Å²) in [6.07, 6.45) is 8.72. The first-order valence-corrected chi connectivity index (χ1v) is 10.1. The van der Waals surface area contributed by atoms with E-state index >= 15 is 0 Å².